The van der Waals surface area contributed by atoms with Crippen LogP contribution in [0, 0.1) is 0 Å². The van der Waals surface area contributed by atoms with Crippen LogP contribution in [0.1, 0.15) is 0 Å². The number of hydrogen-bond acceptors (Lipinski definition) is 3. The highest BCUT2D eigenvalue weighted by atomic mass is 79.9. The molecule has 2 rings (SSSR count). The highest BCUT2D eigenvalue weighted by Crippen LogP contribution is 2.10. The lowest BCUT2D eigenvalue weighted by Crippen LogP contribution is -1.94. The van der Waals surface area contributed by atoms with E-state index in [1.54, 1.807) is 23.3 Å². The Hall–Kier alpha value is -1.23. The first-order valence-electron chi connectivity index (χ1n) is 3.33. The lowest BCUT2D eigenvalue weighted by atomic mass is 10.5. The lowest BCUT2D eigenvalue weighted by Gasteiger charge is -1.96. The van der Waals surface area contributed by atoms with Gasteiger partial charge in [0, 0.05) is 6.20 Å². The van der Waals surface area contributed by atoms with Crippen LogP contribution in [0.25, 0.3) is 5.69 Å². The van der Waals surface area contributed by atoms with Crippen molar-refractivity contribution < 1.29 is 0 Å². The Morgan fingerprint density at radius 1 is 1.25 bits per heavy atom. The first-order chi connectivity index (χ1) is 5.86. The molecule has 0 amide bonds. The third-order valence-corrected chi connectivity index (χ3v) is 1.79. The molecule has 0 N–H and O–H groups in total. The predicted octanol–water partition coefficient (Wildman–Crippen LogP) is 1.42. The van der Waals surface area contributed by atoms with Crippen molar-refractivity contribution in [2.45, 2.75) is 0 Å². The molecule has 0 fully saturated rings. The molecule has 2 heterocycles. The summed E-state index contributed by atoms with van der Waals surface area (Å²) < 4.78 is 2.66. The second-order valence-electron chi connectivity index (χ2n) is 2.20. The Balaban J connectivity index is 2.45. The molecule has 60 valence electrons. The van der Waals surface area contributed by atoms with Crippen molar-refractivity contribution in [1.82, 2.24) is 20.0 Å². The molecule has 0 atom stereocenters. The van der Waals surface area contributed by atoms with Crippen LogP contribution < -0.4 is 0 Å². The van der Waals surface area contributed by atoms with E-state index in [4.69, 9.17) is 0 Å². The Bertz CT molecular complexity index is 370. The fraction of sp³-hybridized carbons (Fsp3) is 0. The Morgan fingerprint density at radius 3 is 2.75 bits per heavy atom. The number of hydrogen-bond donors (Lipinski definition) is 0. The van der Waals surface area contributed by atoms with Gasteiger partial charge in [-0.1, -0.05) is 0 Å². The van der Waals surface area contributed by atoms with Crippen molar-refractivity contribution in [3.05, 3.63) is 35.3 Å². The van der Waals surface area contributed by atoms with E-state index in [-0.39, 0.29) is 0 Å². The molecule has 0 bridgehead atoms. The largest absolute Gasteiger partial charge is 0.238 e. The quantitative estimate of drug-likeness (QED) is 0.737. The molecule has 0 unspecified atom stereocenters. The standard InChI is InChI=1S/C7H5BrN4/c8-6-3-11-12(5-6)7-1-2-9-10-4-7/h1-5H. The van der Waals surface area contributed by atoms with E-state index in [1.807, 2.05) is 12.3 Å². The minimum atomic E-state index is 0.899. The van der Waals surface area contributed by atoms with Gasteiger partial charge < -0.3 is 0 Å². The molecule has 0 aliphatic heterocycles. The summed E-state index contributed by atoms with van der Waals surface area (Å²) >= 11 is 3.31. The second kappa shape index (κ2) is 3.02. The van der Waals surface area contributed by atoms with Gasteiger partial charge in [0.25, 0.3) is 0 Å². The van der Waals surface area contributed by atoms with Crippen LogP contribution in [0.3, 0.4) is 0 Å². The first kappa shape index (κ1) is 7.42. The molecule has 4 nitrogen and oxygen atoms in total. The summed E-state index contributed by atoms with van der Waals surface area (Å²) in [7, 11) is 0. The van der Waals surface area contributed by atoms with Gasteiger partial charge in [0.2, 0.25) is 0 Å². The van der Waals surface area contributed by atoms with Crippen molar-refractivity contribution in [3.8, 4) is 5.69 Å². The minimum Gasteiger partial charge on any atom is -0.238 e. The smallest absolute Gasteiger partial charge is 0.0863 e. The first-order valence-corrected chi connectivity index (χ1v) is 4.13. The van der Waals surface area contributed by atoms with Crippen LogP contribution in [-0.4, -0.2) is 20.0 Å². The molecule has 0 aliphatic rings. The van der Waals surface area contributed by atoms with E-state index in [2.05, 4.69) is 31.2 Å². The maximum atomic E-state index is 4.09. The summed E-state index contributed by atoms with van der Waals surface area (Å²) in [5, 5.41) is 11.5. The normalized spacial score (nSPS) is 10.1. The zero-order valence-corrected chi connectivity index (χ0v) is 7.64. The van der Waals surface area contributed by atoms with E-state index in [0.717, 1.165) is 10.2 Å². The van der Waals surface area contributed by atoms with Gasteiger partial charge in [-0.15, -0.1) is 0 Å². The average molecular weight is 225 g/mol. The summed E-state index contributed by atoms with van der Waals surface area (Å²) in [4.78, 5) is 0. The average Bonchev–Trinajstić information content (AvgIpc) is 2.54. The summed E-state index contributed by atoms with van der Waals surface area (Å²) in [5.74, 6) is 0. The lowest BCUT2D eigenvalue weighted by molar-refractivity contribution is 0.859. The third-order valence-electron chi connectivity index (χ3n) is 1.38. The van der Waals surface area contributed by atoms with Gasteiger partial charge in [0.1, 0.15) is 0 Å². The van der Waals surface area contributed by atoms with Crippen LogP contribution in [0.4, 0.5) is 0 Å². The molecule has 0 aliphatic carbocycles. The summed E-state index contributed by atoms with van der Waals surface area (Å²) in [6.07, 6.45) is 6.86. The van der Waals surface area contributed by atoms with Crippen molar-refractivity contribution in [2.24, 2.45) is 0 Å². The van der Waals surface area contributed by atoms with Gasteiger partial charge in [-0.05, 0) is 22.0 Å². The van der Waals surface area contributed by atoms with Crippen molar-refractivity contribution in [3.63, 3.8) is 0 Å². The molecule has 5 heteroatoms. The maximum Gasteiger partial charge on any atom is 0.0863 e. The molecule has 0 spiro atoms. The molecular formula is C7H5BrN4. The SMILES string of the molecule is Brc1cnn(-c2ccnnc2)c1. The van der Waals surface area contributed by atoms with Gasteiger partial charge >= 0.3 is 0 Å². The monoisotopic (exact) mass is 224 g/mol. The fourth-order valence-corrected chi connectivity index (χ4v) is 1.15. The molecule has 0 aromatic carbocycles. The second-order valence-corrected chi connectivity index (χ2v) is 3.12. The van der Waals surface area contributed by atoms with Gasteiger partial charge in [0.15, 0.2) is 0 Å². The summed E-state index contributed by atoms with van der Waals surface area (Å²) in [5.41, 5.74) is 0.899. The van der Waals surface area contributed by atoms with Gasteiger partial charge in [-0.3, -0.25) is 0 Å². The molecule has 2 aromatic rings. The van der Waals surface area contributed by atoms with Gasteiger partial charge in [-0.2, -0.15) is 15.3 Å². The number of nitrogens with zero attached hydrogens (tertiary/aromatic N) is 4. The molecule has 0 saturated heterocycles. The highest BCUT2D eigenvalue weighted by molar-refractivity contribution is 9.10. The molecule has 0 saturated carbocycles. The minimum absolute atomic E-state index is 0.899. The van der Waals surface area contributed by atoms with E-state index in [9.17, 15) is 0 Å². The zero-order chi connectivity index (χ0) is 8.39. The van der Waals surface area contributed by atoms with E-state index >= 15 is 0 Å². The van der Waals surface area contributed by atoms with Crippen LogP contribution in [-0.2, 0) is 0 Å². The van der Waals surface area contributed by atoms with E-state index < -0.39 is 0 Å². The van der Waals surface area contributed by atoms with Crippen LogP contribution in [0.15, 0.2) is 35.3 Å². The number of aromatic nitrogens is 4. The van der Waals surface area contributed by atoms with Crippen molar-refractivity contribution >= 4 is 15.9 Å². The predicted molar refractivity (Wildman–Crippen MR) is 46.9 cm³/mol. The van der Waals surface area contributed by atoms with Gasteiger partial charge in [0.05, 0.1) is 28.8 Å². The highest BCUT2D eigenvalue weighted by Gasteiger charge is 1.96. The van der Waals surface area contributed by atoms with Gasteiger partial charge in [-0.25, -0.2) is 4.68 Å². The molecule has 2 aromatic heterocycles. The fourth-order valence-electron chi connectivity index (χ4n) is 0.861. The van der Waals surface area contributed by atoms with Crippen molar-refractivity contribution in [1.29, 1.82) is 0 Å². The van der Waals surface area contributed by atoms with Crippen LogP contribution >= 0.6 is 15.9 Å². The maximum absolute atomic E-state index is 4.09. The Kier molecular flexibility index (Phi) is 1.87. The molecule has 12 heavy (non-hydrogen) atoms. The molecule has 0 radical (unpaired) electrons. The van der Waals surface area contributed by atoms with Crippen LogP contribution in [0.5, 0.6) is 0 Å². The summed E-state index contributed by atoms with van der Waals surface area (Å²) in [6.45, 7) is 0. The summed E-state index contributed by atoms with van der Waals surface area (Å²) in [6, 6.07) is 1.84. The zero-order valence-electron chi connectivity index (χ0n) is 6.05. The topological polar surface area (TPSA) is 43.6 Å². The van der Waals surface area contributed by atoms with Crippen molar-refractivity contribution in [2.75, 3.05) is 0 Å². The number of rotatable bonds is 1. The molecular weight excluding hydrogens is 220 g/mol. The van der Waals surface area contributed by atoms with E-state index in [0.29, 0.717) is 0 Å². The van der Waals surface area contributed by atoms with E-state index in [1.165, 1.54) is 0 Å². The van der Waals surface area contributed by atoms with Crippen LogP contribution in [0.2, 0.25) is 0 Å². The number of halogens is 1. The Labute approximate surface area is 77.4 Å². The Morgan fingerprint density at radius 2 is 2.17 bits per heavy atom. The third kappa shape index (κ3) is 1.35.